The van der Waals surface area contributed by atoms with E-state index in [1.807, 2.05) is 19.9 Å². The lowest BCUT2D eigenvalue weighted by Gasteiger charge is -2.22. The Balaban J connectivity index is 2.23. The van der Waals surface area contributed by atoms with Gasteiger partial charge in [0.05, 0.1) is 5.01 Å². The molecule has 0 aliphatic carbocycles. The van der Waals surface area contributed by atoms with Gasteiger partial charge < -0.3 is 5.11 Å². The van der Waals surface area contributed by atoms with Gasteiger partial charge in [-0.05, 0) is 24.1 Å². The molecule has 1 aromatic carbocycles. The summed E-state index contributed by atoms with van der Waals surface area (Å²) in [6, 6.07) is 6.43. The summed E-state index contributed by atoms with van der Waals surface area (Å²) in [5.74, 6) is -1.29. The Labute approximate surface area is 114 Å². The first kappa shape index (κ1) is 13.7. The molecule has 0 unspecified atom stereocenters. The molecule has 0 fully saturated rings. The number of benzene rings is 1. The van der Waals surface area contributed by atoms with Crippen LogP contribution in [0.1, 0.15) is 34.9 Å². The van der Waals surface area contributed by atoms with Gasteiger partial charge in [0.1, 0.15) is 5.82 Å². The van der Waals surface area contributed by atoms with E-state index in [0.29, 0.717) is 6.42 Å². The third kappa shape index (κ3) is 3.17. The normalized spacial score (nSPS) is 11.5. The topological polar surface area (TPSA) is 50.2 Å². The minimum Gasteiger partial charge on any atom is -0.476 e. The van der Waals surface area contributed by atoms with Crippen LogP contribution in [0, 0.1) is 5.82 Å². The summed E-state index contributed by atoms with van der Waals surface area (Å²) >= 11 is 1.32. The zero-order chi connectivity index (χ0) is 14.0. The summed E-state index contributed by atoms with van der Waals surface area (Å²) in [5, 5.41) is 11.2. The van der Waals surface area contributed by atoms with E-state index in [1.165, 1.54) is 28.8 Å². The van der Waals surface area contributed by atoms with Crippen LogP contribution in [0.2, 0.25) is 0 Å². The molecule has 0 aliphatic heterocycles. The molecule has 0 bridgehead atoms. The molecule has 3 nitrogen and oxygen atoms in total. The fourth-order valence-corrected chi connectivity index (χ4v) is 2.83. The van der Waals surface area contributed by atoms with Crippen molar-refractivity contribution in [3.8, 4) is 0 Å². The lowest BCUT2D eigenvalue weighted by Crippen LogP contribution is -2.20. The van der Waals surface area contributed by atoms with Crippen LogP contribution in [0.15, 0.2) is 29.6 Å². The summed E-state index contributed by atoms with van der Waals surface area (Å²) in [6.45, 7) is 3.95. The van der Waals surface area contributed by atoms with Crippen molar-refractivity contribution in [3.05, 3.63) is 51.7 Å². The van der Waals surface area contributed by atoms with Crippen molar-refractivity contribution >= 4 is 17.3 Å². The van der Waals surface area contributed by atoms with Gasteiger partial charge in [-0.3, -0.25) is 0 Å². The fraction of sp³-hybridized carbons (Fsp3) is 0.286. The molecule has 5 heteroatoms. The van der Waals surface area contributed by atoms with Gasteiger partial charge in [-0.15, -0.1) is 11.3 Å². The fourth-order valence-electron chi connectivity index (χ4n) is 1.92. The Kier molecular flexibility index (Phi) is 3.66. The lowest BCUT2D eigenvalue weighted by molar-refractivity contribution is 0.0691. The first-order valence-electron chi connectivity index (χ1n) is 5.82. The van der Waals surface area contributed by atoms with Crippen molar-refractivity contribution in [1.82, 2.24) is 4.98 Å². The molecule has 0 saturated heterocycles. The molecule has 1 N–H and O–H groups in total. The standard InChI is InChI=1S/C14H14FNO2S/c1-14(2,7-9-4-3-5-10(15)6-9)13-16-11(8-19-13)12(17)18/h3-6,8H,7H2,1-2H3,(H,17,18). The van der Waals surface area contributed by atoms with Crippen LogP contribution in [-0.2, 0) is 11.8 Å². The van der Waals surface area contributed by atoms with Crippen LogP contribution in [0.3, 0.4) is 0 Å². The van der Waals surface area contributed by atoms with E-state index in [4.69, 9.17) is 5.11 Å². The molecular formula is C14H14FNO2S. The van der Waals surface area contributed by atoms with Crippen molar-refractivity contribution < 1.29 is 14.3 Å². The minimum atomic E-state index is -1.02. The number of carboxylic acid groups (broad SMARTS) is 1. The maximum atomic E-state index is 13.2. The van der Waals surface area contributed by atoms with Gasteiger partial charge in [0, 0.05) is 10.8 Å². The number of halogens is 1. The van der Waals surface area contributed by atoms with Gasteiger partial charge in [0.25, 0.3) is 0 Å². The van der Waals surface area contributed by atoms with Crippen molar-refractivity contribution in [2.24, 2.45) is 0 Å². The van der Waals surface area contributed by atoms with E-state index in [0.717, 1.165) is 10.6 Å². The van der Waals surface area contributed by atoms with Crippen molar-refractivity contribution in [3.63, 3.8) is 0 Å². The smallest absolute Gasteiger partial charge is 0.355 e. The zero-order valence-electron chi connectivity index (χ0n) is 10.7. The molecule has 0 spiro atoms. The third-order valence-corrected chi connectivity index (χ3v) is 4.05. The van der Waals surface area contributed by atoms with Gasteiger partial charge in [0.2, 0.25) is 0 Å². The SMILES string of the molecule is CC(C)(Cc1cccc(F)c1)c1nc(C(=O)O)cs1. The summed E-state index contributed by atoms with van der Waals surface area (Å²) in [6.07, 6.45) is 0.608. The number of aromatic carboxylic acids is 1. The molecule has 100 valence electrons. The van der Waals surface area contributed by atoms with Gasteiger partial charge in [-0.1, -0.05) is 26.0 Å². The van der Waals surface area contributed by atoms with E-state index in [2.05, 4.69) is 4.98 Å². The first-order chi connectivity index (χ1) is 8.88. The minimum absolute atomic E-state index is 0.0623. The predicted octanol–water partition coefficient (Wildman–Crippen LogP) is 3.50. The summed E-state index contributed by atoms with van der Waals surface area (Å²) in [5.41, 5.74) is 0.607. The largest absolute Gasteiger partial charge is 0.476 e. The molecule has 0 atom stereocenters. The number of rotatable bonds is 4. The molecule has 0 radical (unpaired) electrons. The van der Waals surface area contributed by atoms with Crippen molar-refractivity contribution in [2.45, 2.75) is 25.7 Å². The van der Waals surface area contributed by atoms with E-state index in [-0.39, 0.29) is 16.9 Å². The number of nitrogens with zero attached hydrogens (tertiary/aromatic N) is 1. The second kappa shape index (κ2) is 5.09. The summed E-state index contributed by atoms with van der Waals surface area (Å²) in [4.78, 5) is 15.0. The molecule has 1 aromatic heterocycles. The molecule has 0 amide bonds. The Morgan fingerprint density at radius 2 is 2.21 bits per heavy atom. The maximum absolute atomic E-state index is 13.2. The number of hydrogen-bond donors (Lipinski definition) is 1. The van der Waals surface area contributed by atoms with E-state index in [1.54, 1.807) is 6.07 Å². The Morgan fingerprint density at radius 1 is 1.47 bits per heavy atom. The second-order valence-electron chi connectivity index (χ2n) is 5.03. The first-order valence-corrected chi connectivity index (χ1v) is 6.70. The van der Waals surface area contributed by atoms with E-state index >= 15 is 0 Å². The highest BCUT2D eigenvalue weighted by molar-refractivity contribution is 7.10. The summed E-state index contributed by atoms with van der Waals surface area (Å²) in [7, 11) is 0. The Hall–Kier alpha value is -1.75. The lowest BCUT2D eigenvalue weighted by atomic mass is 9.86. The average molecular weight is 279 g/mol. The summed E-state index contributed by atoms with van der Waals surface area (Å²) < 4.78 is 13.2. The molecule has 0 aliphatic rings. The number of carbonyl (C=O) groups is 1. The number of carboxylic acids is 1. The average Bonchev–Trinajstić information content (AvgIpc) is 2.78. The number of aromatic nitrogens is 1. The van der Waals surface area contributed by atoms with Crippen molar-refractivity contribution in [2.75, 3.05) is 0 Å². The van der Waals surface area contributed by atoms with Crippen LogP contribution in [0.25, 0.3) is 0 Å². The van der Waals surface area contributed by atoms with E-state index in [9.17, 15) is 9.18 Å². The van der Waals surface area contributed by atoms with Gasteiger partial charge in [0.15, 0.2) is 5.69 Å². The highest BCUT2D eigenvalue weighted by Gasteiger charge is 2.26. The van der Waals surface area contributed by atoms with Crippen LogP contribution in [-0.4, -0.2) is 16.1 Å². The Morgan fingerprint density at radius 3 is 2.79 bits per heavy atom. The van der Waals surface area contributed by atoms with Gasteiger partial charge in [-0.2, -0.15) is 0 Å². The Bertz CT molecular complexity index is 607. The third-order valence-electron chi connectivity index (χ3n) is 2.84. The van der Waals surface area contributed by atoms with Crippen LogP contribution >= 0.6 is 11.3 Å². The van der Waals surface area contributed by atoms with Crippen LogP contribution < -0.4 is 0 Å². The predicted molar refractivity (Wildman–Crippen MR) is 72.2 cm³/mol. The highest BCUT2D eigenvalue weighted by Crippen LogP contribution is 2.30. The molecule has 19 heavy (non-hydrogen) atoms. The zero-order valence-corrected chi connectivity index (χ0v) is 11.5. The van der Waals surface area contributed by atoms with E-state index < -0.39 is 5.97 Å². The van der Waals surface area contributed by atoms with Crippen molar-refractivity contribution in [1.29, 1.82) is 0 Å². The van der Waals surface area contributed by atoms with Gasteiger partial charge >= 0.3 is 5.97 Å². The molecule has 0 saturated carbocycles. The quantitative estimate of drug-likeness (QED) is 0.931. The maximum Gasteiger partial charge on any atom is 0.355 e. The highest BCUT2D eigenvalue weighted by atomic mass is 32.1. The molecular weight excluding hydrogens is 265 g/mol. The molecule has 2 aromatic rings. The number of hydrogen-bond acceptors (Lipinski definition) is 3. The monoisotopic (exact) mass is 279 g/mol. The molecule has 1 heterocycles. The second-order valence-corrected chi connectivity index (χ2v) is 5.89. The number of thiazole rings is 1. The van der Waals surface area contributed by atoms with Crippen LogP contribution in [0.4, 0.5) is 4.39 Å². The van der Waals surface area contributed by atoms with Gasteiger partial charge in [-0.25, -0.2) is 14.2 Å². The molecule has 2 rings (SSSR count). The van der Waals surface area contributed by atoms with Crippen LogP contribution in [0.5, 0.6) is 0 Å².